The second kappa shape index (κ2) is 9.95. The molecule has 3 aromatic rings. The summed E-state index contributed by atoms with van der Waals surface area (Å²) < 4.78 is 35.9. The van der Waals surface area contributed by atoms with Crippen LogP contribution in [0.25, 0.3) is 11.5 Å². The van der Waals surface area contributed by atoms with Crippen LogP contribution >= 0.6 is 0 Å². The maximum Gasteiger partial charge on any atom is 0.314 e. The Morgan fingerprint density at radius 2 is 1.97 bits per heavy atom. The van der Waals surface area contributed by atoms with Gasteiger partial charge in [-0.1, -0.05) is 12.6 Å². The molecule has 0 radical (unpaired) electrons. The van der Waals surface area contributed by atoms with Gasteiger partial charge in [0.15, 0.2) is 0 Å². The molecule has 33 heavy (non-hydrogen) atoms. The number of methoxy groups -OCH3 is 1. The molecule has 0 amide bonds. The maximum absolute atomic E-state index is 12.7. The average Bonchev–Trinajstić information content (AvgIpc) is 3.34. The van der Waals surface area contributed by atoms with Gasteiger partial charge in [0, 0.05) is 44.1 Å². The SMILES string of the molecule is C=C(N1CCN(C)CC1)N(Cc1ccc(-c2nnc(C(F)F)o2)cn1)c1cccc(OC)c1. The van der Waals surface area contributed by atoms with Crippen molar-refractivity contribution in [3.05, 3.63) is 66.6 Å². The molecule has 0 spiro atoms. The first-order valence-corrected chi connectivity index (χ1v) is 10.6. The molecule has 3 heterocycles. The summed E-state index contributed by atoms with van der Waals surface area (Å²) in [7, 11) is 3.75. The van der Waals surface area contributed by atoms with E-state index in [0.717, 1.165) is 49.1 Å². The molecule has 1 aliphatic heterocycles. The lowest BCUT2D eigenvalue weighted by Gasteiger charge is -2.39. The summed E-state index contributed by atoms with van der Waals surface area (Å²) in [6.45, 7) is 8.52. The Labute approximate surface area is 191 Å². The molecule has 0 aliphatic carbocycles. The number of nitrogens with zero attached hydrogens (tertiary/aromatic N) is 6. The topological polar surface area (TPSA) is 70.8 Å². The highest BCUT2D eigenvalue weighted by Crippen LogP contribution is 2.28. The van der Waals surface area contributed by atoms with Gasteiger partial charge in [-0.15, -0.1) is 10.2 Å². The first kappa shape index (κ1) is 22.7. The zero-order chi connectivity index (χ0) is 23.4. The lowest BCUT2D eigenvalue weighted by atomic mass is 10.2. The molecule has 0 N–H and O–H groups in total. The van der Waals surface area contributed by atoms with Crippen LogP contribution in [-0.4, -0.2) is 65.3 Å². The Balaban J connectivity index is 1.57. The molecular weight excluding hydrogens is 430 g/mol. The van der Waals surface area contributed by atoms with Crippen LogP contribution < -0.4 is 9.64 Å². The minimum absolute atomic E-state index is 0.0100. The monoisotopic (exact) mass is 456 g/mol. The highest BCUT2D eigenvalue weighted by Gasteiger charge is 2.22. The number of hydrogen-bond donors (Lipinski definition) is 0. The van der Waals surface area contributed by atoms with E-state index >= 15 is 0 Å². The molecule has 8 nitrogen and oxygen atoms in total. The predicted octanol–water partition coefficient (Wildman–Crippen LogP) is 3.80. The number of alkyl halides is 2. The van der Waals surface area contributed by atoms with Crippen LogP contribution in [0.1, 0.15) is 18.0 Å². The summed E-state index contributed by atoms with van der Waals surface area (Å²) >= 11 is 0. The lowest BCUT2D eigenvalue weighted by molar-refractivity contribution is 0.116. The van der Waals surface area contributed by atoms with Crippen LogP contribution in [0.15, 0.2) is 59.4 Å². The molecule has 0 atom stereocenters. The fraction of sp³-hybridized carbons (Fsp3) is 0.348. The molecule has 1 fully saturated rings. The summed E-state index contributed by atoms with van der Waals surface area (Å²) in [4.78, 5) is 11.1. The first-order valence-electron chi connectivity index (χ1n) is 10.6. The molecule has 2 aromatic heterocycles. The summed E-state index contributed by atoms with van der Waals surface area (Å²) in [5.41, 5.74) is 2.18. The quantitative estimate of drug-likeness (QED) is 0.507. The minimum atomic E-state index is -2.81. The van der Waals surface area contributed by atoms with E-state index in [1.807, 2.05) is 30.3 Å². The van der Waals surface area contributed by atoms with Crippen LogP contribution in [0.5, 0.6) is 5.75 Å². The first-order chi connectivity index (χ1) is 15.9. The highest BCUT2D eigenvalue weighted by atomic mass is 19.3. The summed E-state index contributed by atoms with van der Waals surface area (Å²) in [5, 5.41) is 7.04. The fourth-order valence-electron chi connectivity index (χ4n) is 3.59. The fourth-order valence-corrected chi connectivity index (χ4v) is 3.59. The largest absolute Gasteiger partial charge is 0.497 e. The smallest absolute Gasteiger partial charge is 0.314 e. The predicted molar refractivity (Wildman–Crippen MR) is 120 cm³/mol. The number of rotatable bonds is 8. The standard InChI is InChI=1S/C23H26F2N6O2/c1-16(30-11-9-29(2)10-12-30)31(19-5-4-6-20(13-19)32-3)15-18-8-7-17(14-26-18)22-27-28-23(33-22)21(24)25/h4-8,13-14,21H,1,9-12,15H2,2-3H3. The Morgan fingerprint density at radius 3 is 2.61 bits per heavy atom. The second-order valence-electron chi connectivity index (χ2n) is 7.78. The van der Waals surface area contributed by atoms with Crippen LogP contribution in [-0.2, 0) is 6.54 Å². The lowest BCUT2D eigenvalue weighted by Crippen LogP contribution is -2.47. The van der Waals surface area contributed by atoms with Gasteiger partial charge in [0.05, 0.1) is 24.9 Å². The molecule has 0 saturated carbocycles. The Kier molecular flexibility index (Phi) is 6.83. The van der Waals surface area contributed by atoms with Crippen molar-refractivity contribution >= 4 is 5.69 Å². The highest BCUT2D eigenvalue weighted by molar-refractivity contribution is 5.56. The van der Waals surface area contributed by atoms with E-state index in [2.05, 4.69) is 43.5 Å². The van der Waals surface area contributed by atoms with Gasteiger partial charge in [0.25, 0.3) is 5.89 Å². The average molecular weight is 456 g/mol. The van der Waals surface area contributed by atoms with Gasteiger partial charge < -0.3 is 23.9 Å². The Morgan fingerprint density at radius 1 is 1.18 bits per heavy atom. The van der Waals surface area contributed by atoms with Crippen molar-refractivity contribution in [3.8, 4) is 17.2 Å². The number of pyridine rings is 1. The van der Waals surface area contributed by atoms with E-state index in [4.69, 9.17) is 9.15 Å². The normalized spacial score (nSPS) is 14.5. The number of halogens is 2. The third-order valence-corrected chi connectivity index (χ3v) is 5.56. The van der Waals surface area contributed by atoms with Crippen molar-refractivity contribution in [2.45, 2.75) is 13.0 Å². The van der Waals surface area contributed by atoms with Crippen LogP contribution in [0.3, 0.4) is 0 Å². The zero-order valence-corrected chi connectivity index (χ0v) is 18.6. The van der Waals surface area contributed by atoms with Crippen molar-refractivity contribution in [1.82, 2.24) is 25.0 Å². The molecule has 0 unspecified atom stereocenters. The van der Waals surface area contributed by atoms with Crippen molar-refractivity contribution in [3.63, 3.8) is 0 Å². The molecule has 0 bridgehead atoms. The third kappa shape index (κ3) is 5.28. The molecule has 4 rings (SSSR count). The molecule has 10 heteroatoms. The number of benzene rings is 1. The van der Waals surface area contributed by atoms with E-state index in [0.29, 0.717) is 12.1 Å². The molecule has 1 saturated heterocycles. The Bertz CT molecular complexity index is 1080. The van der Waals surface area contributed by atoms with Gasteiger partial charge in [0.1, 0.15) is 11.6 Å². The van der Waals surface area contributed by atoms with Crippen LogP contribution in [0.4, 0.5) is 14.5 Å². The van der Waals surface area contributed by atoms with Crippen LogP contribution in [0.2, 0.25) is 0 Å². The van der Waals surface area contributed by atoms with Crippen molar-refractivity contribution in [2.24, 2.45) is 0 Å². The minimum Gasteiger partial charge on any atom is -0.497 e. The molecule has 174 valence electrons. The molecular formula is C23H26F2N6O2. The molecule has 1 aromatic carbocycles. The van der Waals surface area contributed by atoms with Gasteiger partial charge in [-0.25, -0.2) is 0 Å². The van der Waals surface area contributed by atoms with Crippen LogP contribution in [0, 0.1) is 0 Å². The van der Waals surface area contributed by atoms with E-state index < -0.39 is 12.3 Å². The van der Waals surface area contributed by atoms with Crippen molar-refractivity contribution in [1.29, 1.82) is 0 Å². The van der Waals surface area contributed by atoms with Gasteiger partial charge in [-0.3, -0.25) is 4.98 Å². The third-order valence-electron chi connectivity index (χ3n) is 5.56. The number of anilines is 1. The Hall–Kier alpha value is -3.53. The van der Waals surface area contributed by atoms with E-state index in [1.165, 1.54) is 0 Å². The summed E-state index contributed by atoms with van der Waals surface area (Å²) in [6.07, 6.45) is -1.27. The number of piperazine rings is 1. The van der Waals surface area contributed by atoms with Gasteiger partial charge >= 0.3 is 6.43 Å². The number of ether oxygens (including phenoxy) is 1. The number of hydrogen-bond acceptors (Lipinski definition) is 8. The number of aromatic nitrogens is 3. The van der Waals surface area contributed by atoms with Gasteiger partial charge in [-0.05, 0) is 31.3 Å². The molecule has 1 aliphatic rings. The summed E-state index contributed by atoms with van der Waals surface area (Å²) in [5.74, 6) is 0.927. The second-order valence-corrected chi connectivity index (χ2v) is 7.78. The van der Waals surface area contributed by atoms with Gasteiger partial charge in [-0.2, -0.15) is 8.78 Å². The summed E-state index contributed by atoms with van der Waals surface area (Å²) in [6, 6.07) is 11.3. The van der Waals surface area contributed by atoms with Gasteiger partial charge in [0.2, 0.25) is 5.89 Å². The van der Waals surface area contributed by atoms with E-state index in [1.54, 1.807) is 19.4 Å². The van der Waals surface area contributed by atoms with Crippen molar-refractivity contribution < 1.29 is 17.9 Å². The van der Waals surface area contributed by atoms with Crippen molar-refractivity contribution in [2.75, 3.05) is 45.2 Å². The van der Waals surface area contributed by atoms with E-state index in [9.17, 15) is 8.78 Å². The maximum atomic E-state index is 12.7. The number of likely N-dealkylation sites (N-methyl/N-ethyl adjacent to an activating group) is 1. The zero-order valence-electron chi connectivity index (χ0n) is 18.6. The van der Waals surface area contributed by atoms with E-state index in [-0.39, 0.29) is 5.89 Å².